The third-order valence-corrected chi connectivity index (χ3v) is 1.65. The van der Waals surface area contributed by atoms with E-state index in [4.69, 9.17) is 15.3 Å². The summed E-state index contributed by atoms with van der Waals surface area (Å²) in [4.78, 5) is 20.4. The zero-order chi connectivity index (χ0) is 9.72. The van der Waals surface area contributed by atoms with E-state index in [0.717, 1.165) is 0 Å². The van der Waals surface area contributed by atoms with E-state index in [1.165, 1.54) is 0 Å². The molecule has 0 rings (SSSR count). The molecule has 8 heteroatoms. The molecule has 68 valence electrons. The van der Waals surface area contributed by atoms with Gasteiger partial charge in [0.2, 0.25) is 0 Å². The van der Waals surface area contributed by atoms with Crippen molar-refractivity contribution in [1.82, 2.24) is 0 Å². The summed E-state index contributed by atoms with van der Waals surface area (Å²) in [6.45, 7) is 0. The molecule has 0 heterocycles. The zero-order valence-electron chi connectivity index (χ0n) is 5.58. The first-order valence-corrected chi connectivity index (χ1v) is 4.71. The molecule has 3 N–H and O–H groups in total. The molecule has 0 aromatic rings. The Morgan fingerprint density at radius 3 is 2.08 bits per heavy atom. The predicted molar refractivity (Wildman–Crippen MR) is 32.2 cm³/mol. The first-order chi connectivity index (χ1) is 5.50. The Labute approximate surface area is 77.4 Å². The molecule has 12 heavy (non-hydrogen) atoms. The molecule has 0 aliphatic carbocycles. The van der Waals surface area contributed by atoms with Crippen LogP contribution in [0, 0.1) is 0 Å². The number of carbonyl (C=O) groups excluding carboxylic acids is 1. The van der Waals surface area contributed by atoms with Crippen LogP contribution in [0.2, 0.25) is 0 Å². The standard InChI is InChI=1S/C4H6O6.O.Sb/c5-1(3(7)8)2(6)4(9)10;;/h1-2,5-6H,(H,7,8)(H,9,10);;/q;;+1/p-1. The Kier molecular flexibility index (Phi) is 4.96. The van der Waals surface area contributed by atoms with Gasteiger partial charge in [-0.25, -0.2) is 0 Å². The fraction of sp³-hybridized carbons (Fsp3) is 0.500. The van der Waals surface area contributed by atoms with Gasteiger partial charge in [0.1, 0.15) is 0 Å². The fourth-order valence-corrected chi connectivity index (χ4v) is 0.873. The van der Waals surface area contributed by atoms with Gasteiger partial charge in [0.15, 0.2) is 0 Å². The van der Waals surface area contributed by atoms with Crippen LogP contribution in [-0.4, -0.2) is 61.5 Å². The second-order valence-corrected chi connectivity index (χ2v) is 2.66. The van der Waals surface area contributed by atoms with Crippen molar-refractivity contribution in [3.63, 3.8) is 0 Å². The van der Waals surface area contributed by atoms with E-state index in [-0.39, 0.29) is 0 Å². The van der Waals surface area contributed by atoms with Crippen molar-refractivity contribution in [3.05, 3.63) is 0 Å². The van der Waals surface area contributed by atoms with Crippen molar-refractivity contribution in [2.75, 3.05) is 0 Å². The molecule has 0 saturated carbocycles. The molecule has 0 bridgehead atoms. The van der Waals surface area contributed by atoms with E-state index in [0.29, 0.717) is 0 Å². The van der Waals surface area contributed by atoms with Gasteiger partial charge in [0.05, 0.1) is 0 Å². The van der Waals surface area contributed by atoms with E-state index < -0.39 is 46.2 Å². The average molecular weight is 287 g/mol. The van der Waals surface area contributed by atoms with Gasteiger partial charge >= 0.3 is 77.1 Å². The summed E-state index contributed by atoms with van der Waals surface area (Å²) in [5.41, 5.74) is 0. The van der Waals surface area contributed by atoms with Crippen LogP contribution in [0.3, 0.4) is 0 Å². The summed E-state index contributed by atoms with van der Waals surface area (Å²) >= 11 is -2.38. The van der Waals surface area contributed by atoms with Crippen molar-refractivity contribution in [3.8, 4) is 0 Å². The molecule has 2 unspecified atom stereocenters. The Morgan fingerprint density at radius 1 is 1.25 bits per heavy atom. The molecule has 0 aromatic heterocycles. The van der Waals surface area contributed by atoms with Crippen LogP contribution < -0.4 is 0 Å². The Balaban J connectivity index is 4.17. The van der Waals surface area contributed by atoms with Crippen LogP contribution in [0.4, 0.5) is 0 Å². The molecule has 2 atom stereocenters. The van der Waals surface area contributed by atoms with Gasteiger partial charge in [-0.15, -0.1) is 0 Å². The van der Waals surface area contributed by atoms with E-state index in [1.54, 1.807) is 0 Å². The first-order valence-electron chi connectivity index (χ1n) is 2.63. The van der Waals surface area contributed by atoms with Crippen molar-refractivity contribution < 1.29 is 30.9 Å². The monoisotopic (exact) mass is 286 g/mol. The molecule has 7 nitrogen and oxygen atoms in total. The normalized spacial score (nSPS) is 14.5. The van der Waals surface area contributed by atoms with Gasteiger partial charge < -0.3 is 0 Å². The van der Waals surface area contributed by atoms with E-state index >= 15 is 0 Å². The van der Waals surface area contributed by atoms with Crippen LogP contribution in [0.1, 0.15) is 0 Å². The Morgan fingerprint density at radius 2 is 1.75 bits per heavy atom. The molecule has 0 aliphatic heterocycles. The number of carboxylic acids is 1. The summed E-state index contributed by atoms with van der Waals surface area (Å²) in [7, 11) is 0. The maximum absolute atomic E-state index is 10.4. The summed E-state index contributed by atoms with van der Waals surface area (Å²) in [6, 6.07) is 0. The number of aliphatic carboxylic acids is 1. The van der Waals surface area contributed by atoms with Crippen LogP contribution in [0.25, 0.3) is 0 Å². The van der Waals surface area contributed by atoms with Gasteiger partial charge in [-0.2, -0.15) is 0 Å². The van der Waals surface area contributed by atoms with Crippen LogP contribution >= 0.6 is 0 Å². The molecule has 0 amide bonds. The molecule has 0 fully saturated rings. The zero-order valence-corrected chi connectivity index (χ0v) is 8.13. The van der Waals surface area contributed by atoms with Crippen molar-refractivity contribution in [2.24, 2.45) is 0 Å². The first kappa shape index (κ1) is 11.5. The van der Waals surface area contributed by atoms with E-state index in [9.17, 15) is 12.6 Å². The molecule has 0 aromatic carbocycles. The minimum atomic E-state index is -2.38. The molecule has 0 saturated heterocycles. The Hall–Kier alpha value is -0.522. The summed E-state index contributed by atoms with van der Waals surface area (Å²) in [6.07, 6.45) is -4.44. The van der Waals surface area contributed by atoms with Gasteiger partial charge in [-0.1, -0.05) is 0 Å². The topological polar surface area (TPSA) is 121 Å². The summed E-state index contributed by atoms with van der Waals surface area (Å²) in [5.74, 6) is -3.15. The molecule has 0 radical (unpaired) electrons. The van der Waals surface area contributed by atoms with Gasteiger partial charge in [-0.3, -0.25) is 0 Å². The van der Waals surface area contributed by atoms with Gasteiger partial charge in [0.25, 0.3) is 0 Å². The molecule has 0 aliphatic rings. The van der Waals surface area contributed by atoms with Crippen molar-refractivity contribution in [2.45, 2.75) is 12.2 Å². The fourth-order valence-electron chi connectivity index (χ4n) is 0.355. The molecular formula is C4H5O7Sb. The SMILES string of the molecule is [O]=[Sb][O]C(=O)C(O)C(O)C(=O)O. The third-order valence-electron chi connectivity index (χ3n) is 0.921. The quantitative estimate of drug-likeness (QED) is 0.481. The Bertz CT molecular complexity index is 202. The molecular weight excluding hydrogens is 282 g/mol. The molecule has 0 spiro atoms. The van der Waals surface area contributed by atoms with Crippen molar-refractivity contribution in [1.29, 1.82) is 0 Å². The number of aliphatic hydroxyl groups is 2. The van der Waals surface area contributed by atoms with E-state index in [2.05, 4.69) is 3.02 Å². The van der Waals surface area contributed by atoms with Gasteiger partial charge in [0, 0.05) is 0 Å². The number of aliphatic hydroxyl groups excluding tert-OH is 2. The number of carboxylic acid groups (broad SMARTS) is 1. The number of carbonyl (C=O) groups is 2. The van der Waals surface area contributed by atoms with Gasteiger partial charge in [-0.05, 0) is 0 Å². The predicted octanol–water partition coefficient (Wildman–Crippen LogP) is -2.70. The minimum absolute atomic E-state index is 1.39. The van der Waals surface area contributed by atoms with Crippen LogP contribution in [0.5, 0.6) is 0 Å². The summed E-state index contributed by atoms with van der Waals surface area (Å²) in [5, 5.41) is 25.3. The second kappa shape index (κ2) is 5.18. The third kappa shape index (κ3) is 3.25. The maximum atomic E-state index is 10.4. The number of rotatable bonds is 4. The second-order valence-electron chi connectivity index (χ2n) is 1.71. The van der Waals surface area contributed by atoms with Crippen LogP contribution in [0.15, 0.2) is 0 Å². The number of hydrogen-bond acceptors (Lipinski definition) is 6. The van der Waals surface area contributed by atoms with Crippen molar-refractivity contribution >= 4 is 34.0 Å². The van der Waals surface area contributed by atoms with Crippen LogP contribution in [-0.2, 0) is 15.6 Å². The van der Waals surface area contributed by atoms with E-state index in [1.807, 2.05) is 0 Å². The average Bonchev–Trinajstić information content (AvgIpc) is 2.02. The summed E-state index contributed by atoms with van der Waals surface area (Å²) < 4.78 is 13.7. The number of hydrogen-bond donors (Lipinski definition) is 3.